The summed E-state index contributed by atoms with van der Waals surface area (Å²) in [4.78, 5) is 26.7. The van der Waals surface area contributed by atoms with Gasteiger partial charge < -0.3 is 9.32 Å². The minimum absolute atomic E-state index is 0.0644. The Morgan fingerprint density at radius 3 is 2.78 bits per heavy atom. The number of carbonyl (C=O) groups excluding carboxylic acids is 2. The summed E-state index contributed by atoms with van der Waals surface area (Å²) in [5.41, 5.74) is 0. The third kappa shape index (κ3) is 2.16. The zero-order valence-corrected chi connectivity index (χ0v) is 10.5. The Bertz CT molecular complexity index is 492. The average molecular weight is 248 g/mol. The van der Waals surface area contributed by atoms with Crippen LogP contribution < -0.4 is 4.90 Å². The predicted octanol–water partition coefficient (Wildman–Crippen LogP) is 1.34. The molecule has 1 aliphatic rings. The van der Waals surface area contributed by atoms with Crippen LogP contribution in [-0.4, -0.2) is 35.8 Å². The molecule has 2 amide bonds. The molecule has 1 saturated heterocycles. The largest absolute Gasteiger partial charge is 0.445 e. The van der Waals surface area contributed by atoms with E-state index in [0.717, 1.165) is 5.76 Å². The maximum atomic E-state index is 12.1. The topological polar surface area (TPSA) is 53.8 Å². The number of anilines is 1. The van der Waals surface area contributed by atoms with Gasteiger partial charge in [0.05, 0.1) is 6.04 Å². The second-order valence-electron chi connectivity index (χ2n) is 4.42. The molecule has 1 aromatic rings. The van der Waals surface area contributed by atoms with Crippen molar-refractivity contribution >= 4 is 17.7 Å². The summed E-state index contributed by atoms with van der Waals surface area (Å²) in [6.45, 7) is 7.70. The molecule has 0 bridgehead atoms. The fourth-order valence-corrected chi connectivity index (χ4v) is 2.14. The number of amides is 2. The molecule has 2 rings (SSSR count). The molecule has 5 nitrogen and oxygen atoms in total. The molecule has 96 valence electrons. The number of hydrogen-bond donors (Lipinski definition) is 0. The van der Waals surface area contributed by atoms with Crippen LogP contribution in [0.3, 0.4) is 0 Å². The number of aryl methyl sites for hydroxylation is 1. The summed E-state index contributed by atoms with van der Waals surface area (Å²) in [5.74, 6) is 0.939. The number of rotatable bonds is 2. The van der Waals surface area contributed by atoms with Crippen LogP contribution in [0.1, 0.15) is 12.7 Å². The van der Waals surface area contributed by atoms with Crippen LogP contribution >= 0.6 is 0 Å². The van der Waals surface area contributed by atoms with Gasteiger partial charge in [-0.25, -0.2) is 0 Å². The minimum atomic E-state index is -0.217. The van der Waals surface area contributed by atoms with E-state index in [1.807, 2.05) is 19.9 Å². The first-order chi connectivity index (χ1) is 8.52. The fraction of sp³-hybridized carbons (Fsp3) is 0.385. The fourth-order valence-electron chi connectivity index (χ4n) is 2.14. The second-order valence-corrected chi connectivity index (χ2v) is 4.42. The predicted molar refractivity (Wildman–Crippen MR) is 67.2 cm³/mol. The zero-order valence-electron chi connectivity index (χ0n) is 10.5. The normalized spacial score (nSPS) is 20.1. The van der Waals surface area contributed by atoms with Crippen LogP contribution in [-0.2, 0) is 9.59 Å². The van der Waals surface area contributed by atoms with Crippen molar-refractivity contribution in [3.8, 4) is 0 Å². The van der Waals surface area contributed by atoms with Crippen molar-refractivity contribution in [3.05, 3.63) is 30.5 Å². The molecule has 0 saturated carbocycles. The molecule has 0 aromatic carbocycles. The van der Waals surface area contributed by atoms with Gasteiger partial charge in [0.1, 0.15) is 12.3 Å². The average Bonchev–Trinajstić information content (AvgIpc) is 2.73. The molecule has 0 spiro atoms. The number of piperazine rings is 1. The van der Waals surface area contributed by atoms with Crippen molar-refractivity contribution in [2.24, 2.45) is 0 Å². The van der Waals surface area contributed by atoms with Crippen molar-refractivity contribution in [3.63, 3.8) is 0 Å². The summed E-state index contributed by atoms with van der Waals surface area (Å²) in [7, 11) is 0. The van der Waals surface area contributed by atoms with Gasteiger partial charge in [0.15, 0.2) is 0 Å². The lowest BCUT2D eigenvalue weighted by molar-refractivity contribution is -0.134. The molecule has 0 aliphatic carbocycles. The Balaban J connectivity index is 2.19. The van der Waals surface area contributed by atoms with Crippen LogP contribution in [0.5, 0.6) is 0 Å². The first-order valence-electron chi connectivity index (χ1n) is 5.82. The summed E-state index contributed by atoms with van der Waals surface area (Å²) >= 11 is 0. The molecular formula is C13H16N2O3. The molecule has 1 aliphatic heterocycles. The van der Waals surface area contributed by atoms with Gasteiger partial charge in [-0.2, -0.15) is 0 Å². The smallest absolute Gasteiger partial charge is 0.249 e. The lowest BCUT2D eigenvalue weighted by Crippen LogP contribution is -2.56. The van der Waals surface area contributed by atoms with Gasteiger partial charge in [0, 0.05) is 12.6 Å². The van der Waals surface area contributed by atoms with Gasteiger partial charge in [0.2, 0.25) is 17.7 Å². The Kier molecular flexibility index (Phi) is 3.23. The first kappa shape index (κ1) is 12.4. The molecule has 1 unspecified atom stereocenters. The molecule has 1 fully saturated rings. The molecule has 0 N–H and O–H groups in total. The highest BCUT2D eigenvalue weighted by Gasteiger charge is 2.33. The van der Waals surface area contributed by atoms with Crippen molar-refractivity contribution in [1.82, 2.24) is 4.90 Å². The Morgan fingerprint density at radius 1 is 1.56 bits per heavy atom. The van der Waals surface area contributed by atoms with E-state index in [0.29, 0.717) is 12.4 Å². The van der Waals surface area contributed by atoms with E-state index in [4.69, 9.17) is 4.42 Å². The van der Waals surface area contributed by atoms with E-state index in [9.17, 15) is 9.59 Å². The first-order valence-corrected chi connectivity index (χ1v) is 5.82. The summed E-state index contributed by atoms with van der Waals surface area (Å²) in [6.07, 6.45) is 1.23. The number of furan rings is 1. The quantitative estimate of drug-likeness (QED) is 0.742. The van der Waals surface area contributed by atoms with Gasteiger partial charge >= 0.3 is 0 Å². The van der Waals surface area contributed by atoms with E-state index in [-0.39, 0.29) is 24.4 Å². The van der Waals surface area contributed by atoms with Crippen LogP contribution in [0.25, 0.3) is 0 Å². The molecule has 18 heavy (non-hydrogen) atoms. The maximum absolute atomic E-state index is 12.1. The van der Waals surface area contributed by atoms with E-state index in [2.05, 4.69) is 6.58 Å². The molecule has 1 atom stereocenters. The SMILES string of the molecule is C=CC(=O)N1CC(=O)N(c2ccc(C)o2)C(C)C1. The summed E-state index contributed by atoms with van der Waals surface area (Å²) in [5, 5.41) is 0. The Morgan fingerprint density at radius 2 is 2.28 bits per heavy atom. The monoisotopic (exact) mass is 248 g/mol. The van der Waals surface area contributed by atoms with E-state index < -0.39 is 0 Å². The Labute approximate surface area is 106 Å². The van der Waals surface area contributed by atoms with Crippen LogP contribution in [0.2, 0.25) is 0 Å². The van der Waals surface area contributed by atoms with Crippen molar-refractivity contribution in [1.29, 1.82) is 0 Å². The van der Waals surface area contributed by atoms with Gasteiger partial charge in [0.25, 0.3) is 0 Å². The van der Waals surface area contributed by atoms with E-state index in [1.165, 1.54) is 11.0 Å². The standard InChI is InChI=1S/C13H16N2O3/c1-4-11(16)14-7-9(2)15(12(17)8-14)13-6-5-10(3)18-13/h4-6,9H,1,7-8H2,2-3H3. The highest BCUT2D eigenvalue weighted by molar-refractivity contribution is 5.99. The number of nitrogens with zero attached hydrogens (tertiary/aromatic N) is 2. The van der Waals surface area contributed by atoms with E-state index >= 15 is 0 Å². The van der Waals surface area contributed by atoms with Crippen LogP contribution in [0, 0.1) is 6.92 Å². The van der Waals surface area contributed by atoms with Gasteiger partial charge in [-0.3, -0.25) is 14.5 Å². The molecule has 2 heterocycles. The second kappa shape index (κ2) is 4.68. The minimum Gasteiger partial charge on any atom is -0.445 e. The molecule has 0 radical (unpaired) electrons. The summed E-state index contributed by atoms with van der Waals surface area (Å²) < 4.78 is 5.47. The van der Waals surface area contributed by atoms with Crippen molar-refractivity contribution < 1.29 is 14.0 Å². The van der Waals surface area contributed by atoms with Gasteiger partial charge in [-0.15, -0.1) is 0 Å². The third-order valence-electron chi connectivity index (χ3n) is 2.97. The number of hydrogen-bond acceptors (Lipinski definition) is 3. The highest BCUT2D eigenvalue weighted by Crippen LogP contribution is 2.23. The van der Waals surface area contributed by atoms with Crippen molar-refractivity contribution in [2.45, 2.75) is 19.9 Å². The molecule has 5 heteroatoms. The zero-order chi connectivity index (χ0) is 13.3. The lowest BCUT2D eigenvalue weighted by Gasteiger charge is -2.37. The van der Waals surface area contributed by atoms with Gasteiger partial charge in [-0.1, -0.05) is 6.58 Å². The number of carbonyl (C=O) groups is 2. The van der Waals surface area contributed by atoms with Crippen LogP contribution in [0.4, 0.5) is 5.88 Å². The molecule has 1 aromatic heterocycles. The lowest BCUT2D eigenvalue weighted by atomic mass is 10.2. The third-order valence-corrected chi connectivity index (χ3v) is 2.97. The van der Waals surface area contributed by atoms with Crippen molar-refractivity contribution in [2.75, 3.05) is 18.0 Å². The highest BCUT2D eigenvalue weighted by atomic mass is 16.4. The Hall–Kier alpha value is -2.04. The van der Waals surface area contributed by atoms with E-state index in [1.54, 1.807) is 11.0 Å². The van der Waals surface area contributed by atoms with Crippen LogP contribution in [0.15, 0.2) is 29.2 Å². The van der Waals surface area contributed by atoms with Gasteiger partial charge in [-0.05, 0) is 26.0 Å². The molecular weight excluding hydrogens is 232 g/mol. The summed E-state index contributed by atoms with van der Waals surface area (Å²) in [6, 6.07) is 3.48. The maximum Gasteiger partial charge on any atom is 0.249 e.